The van der Waals surface area contributed by atoms with Crippen molar-refractivity contribution in [2.24, 2.45) is 0 Å². The SMILES string of the molecule is Cc1oc(-c2ccccc2)nc1C(O)c1cc2cc(Br)ccc2o1. The van der Waals surface area contributed by atoms with E-state index in [1.807, 2.05) is 54.6 Å². The number of benzene rings is 2. The molecule has 0 aliphatic rings. The van der Waals surface area contributed by atoms with Gasteiger partial charge in [0.05, 0.1) is 0 Å². The molecule has 4 rings (SSSR count). The Hall–Kier alpha value is -2.37. The van der Waals surface area contributed by atoms with Crippen LogP contribution in [0, 0.1) is 6.92 Å². The topological polar surface area (TPSA) is 59.4 Å². The van der Waals surface area contributed by atoms with Crippen molar-refractivity contribution in [2.75, 3.05) is 0 Å². The van der Waals surface area contributed by atoms with E-state index in [1.54, 1.807) is 6.92 Å². The molecule has 2 aromatic heterocycles. The first-order valence-corrected chi connectivity index (χ1v) is 8.31. The predicted molar refractivity (Wildman–Crippen MR) is 94.7 cm³/mol. The van der Waals surface area contributed by atoms with Crippen LogP contribution in [0.5, 0.6) is 0 Å². The smallest absolute Gasteiger partial charge is 0.226 e. The third kappa shape index (κ3) is 2.66. The average molecular weight is 384 g/mol. The highest BCUT2D eigenvalue weighted by atomic mass is 79.9. The van der Waals surface area contributed by atoms with Gasteiger partial charge in [-0.2, -0.15) is 0 Å². The molecule has 0 spiro atoms. The zero-order valence-corrected chi connectivity index (χ0v) is 14.4. The van der Waals surface area contributed by atoms with Gasteiger partial charge in [-0.05, 0) is 43.3 Å². The molecule has 0 bridgehead atoms. The molecule has 4 nitrogen and oxygen atoms in total. The molecule has 0 saturated carbocycles. The van der Waals surface area contributed by atoms with E-state index < -0.39 is 6.10 Å². The number of aryl methyl sites for hydroxylation is 1. The van der Waals surface area contributed by atoms with Crippen molar-refractivity contribution in [3.63, 3.8) is 0 Å². The molecule has 120 valence electrons. The minimum Gasteiger partial charge on any atom is -0.458 e. The summed E-state index contributed by atoms with van der Waals surface area (Å²) in [5, 5.41) is 11.6. The molecule has 0 aliphatic heterocycles. The number of aliphatic hydroxyl groups excluding tert-OH is 1. The van der Waals surface area contributed by atoms with Gasteiger partial charge in [0.15, 0.2) is 6.10 Å². The summed E-state index contributed by atoms with van der Waals surface area (Å²) in [7, 11) is 0. The zero-order valence-electron chi connectivity index (χ0n) is 12.9. The van der Waals surface area contributed by atoms with E-state index in [0.717, 1.165) is 21.0 Å². The fourth-order valence-corrected chi connectivity index (χ4v) is 3.05. The summed E-state index contributed by atoms with van der Waals surface area (Å²) in [5.74, 6) is 1.50. The second-order valence-electron chi connectivity index (χ2n) is 5.56. The maximum atomic E-state index is 10.7. The first-order chi connectivity index (χ1) is 11.6. The van der Waals surface area contributed by atoms with E-state index in [4.69, 9.17) is 8.83 Å². The van der Waals surface area contributed by atoms with E-state index in [0.29, 0.717) is 23.1 Å². The normalized spacial score (nSPS) is 12.6. The maximum Gasteiger partial charge on any atom is 0.226 e. The van der Waals surface area contributed by atoms with Crippen LogP contribution in [0.3, 0.4) is 0 Å². The Morgan fingerprint density at radius 2 is 1.83 bits per heavy atom. The highest BCUT2D eigenvalue weighted by molar-refractivity contribution is 9.10. The molecule has 0 amide bonds. The van der Waals surface area contributed by atoms with E-state index in [1.165, 1.54) is 0 Å². The van der Waals surface area contributed by atoms with Gasteiger partial charge in [0.2, 0.25) is 5.89 Å². The molecule has 4 aromatic rings. The lowest BCUT2D eigenvalue weighted by molar-refractivity contribution is 0.186. The van der Waals surface area contributed by atoms with Crippen molar-refractivity contribution < 1.29 is 13.9 Å². The van der Waals surface area contributed by atoms with Crippen LogP contribution in [-0.4, -0.2) is 10.1 Å². The Bertz CT molecular complexity index is 1000. The molecular weight excluding hydrogens is 370 g/mol. The minimum absolute atomic E-state index is 0.444. The molecule has 0 fully saturated rings. The largest absolute Gasteiger partial charge is 0.458 e. The lowest BCUT2D eigenvalue weighted by Crippen LogP contribution is -2.00. The zero-order chi connectivity index (χ0) is 16.7. The molecule has 1 N–H and O–H groups in total. The molecular formula is C19H14BrNO3. The van der Waals surface area contributed by atoms with Gasteiger partial charge in [-0.25, -0.2) is 4.98 Å². The first kappa shape index (κ1) is 15.2. The minimum atomic E-state index is -0.975. The lowest BCUT2D eigenvalue weighted by atomic mass is 10.1. The average Bonchev–Trinajstić information content (AvgIpc) is 3.18. The van der Waals surface area contributed by atoms with Gasteiger partial charge in [0.25, 0.3) is 0 Å². The number of hydrogen-bond acceptors (Lipinski definition) is 4. The molecule has 2 aromatic carbocycles. The molecule has 1 atom stereocenters. The molecule has 0 radical (unpaired) electrons. The fraction of sp³-hybridized carbons (Fsp3) is 0.105. The van der Waals surface area contributed by atoms with Crippen LogP contribution >= 0.6 is 15.9 Å². The summed E-state index contributed by atoms with van der Waals surface area (Å²) in [6, 6.07) is 17.1. The quantitative estimate of drug-likeness (QED) is 0.525. The van der Waals surface area contributed by atoms with Crippen molar-refractivity contribution in [1.29, 1.82) is 0 Å². The van der Waals surface area contributed by atoms with Gasteiger partial charge in [-0.3, -0.25) is 0 Å². The molecule has 24 heavy (non-hydrogen) atoms. The second-order valence-corrected chi connectivity index (χ2v) is 6.48. The Balaban J connectivity index is 1.73. The summed E-state index contributed by atoms with van der Waals surface area (Å²) in [5.41, 5.74) is 2.05. The molecule has 0 saturated heterocycles. The molecule has 2 heterocycles. The number of rotatable bonds is 3. The number of halogens is 1. The van der Waals surface area contributed by atoms with E-state index in [-0.39, 0.29) is 0 Å². The van der Waals surface area contributed by atoms with Crippen LogP contribution in [-0.2, 0) is 0 Å². The van der Waals surface area contributed by atoms with E-state index >= 15 is 0 Å². The van der Waals surface area contributed by atoms with Crippen molar-refractivity contribution in [3.8, 4) is 11.5 Å². The van der Waals surface area contributed by atoms with Gasteiger partial charge >= 0.3 is 0 Å². The summed E-state index contributed by atoms with van der Waals surface area (Å²) < 4.78 is 12.4. The number of aromatic nitrogens is 1. The third-order valence-corrected chi connectivity index (χ3v) is 4.37. The fourth-order valence-electron chi connectivity index (χ4n) is 2.67. The number of nitrogens with zero attached hydrogens (tertiary/aromatic N) is 1. The van der Waals surface area contributed by atoms with Crippen LogP contribution in [0.2, 0.25) is 0 Å². The van der Waals surface area contributed by atoms with Gasteiger partial charge in [0.1, 0.15) is 22.8 Å². The van der Waals surface area contributed by atoms with Crippen LogP contribution in [0.25, 0.3) is 22.4 Å². The van der Waals surface area contributed by atoms with Crippen LogP contribution < -0.4 is 0 Å². The van der Waals surface area contributed by atoms with Crippen molar-refractivity contribution in [2.45, 2.75) is 13.0 Å². The summed E-state index contributed by atoms with van der Waals surface area (Å²) >= 11 is 3.43. The van der Waals surface area contributed by atoms with Crippen molar-refractivity contribution >= 4 is 26.9 Å². The summed E-state index contributed by atoms with van der Waals surface area (Å²) in [6.45, 7) is 1.79. The molecule has 0 aliphatic carbocycles. The highest BCUT2D eigenvalue weighted by Crippen LogP contribution is 2.32. The summed E-state index contributed by atoms with van der Waals surface area (Å²) in [4.78, 5) is 4.46. The molecule has 1 unspecified atom stereocenters. The standard InChI is InChI=1S/C19H14BrNO3/c1-11-17(21-19(23-11)12-5-3-2-4-6-12)18(22)16-10-13-9-14(20)7-8-15(13)24-16/h2-10,18,22H,1H3. The van der Waals surface area contributed by atoms with Crippen LogP contribution in [0.4, 0.5) is 0 Å². The Kier molecular flexibility index (Phi) is 3.75. The number of fused-ring (bicyclic) bond motifs is 1. The number of hydrogen-bond donors (Lipinski definition) is 1. The highest BCUT2D eigenvalue weighted by Gasteiger charge is 2.23. The Labute approximate surface area is 146 Å². The van der Waals surface area contributed by atoms with Crippen molar-refractivity contribution in [3.05, 3.63) is 76.3 Å². The number of aliphatic hydroxyl groups is 1. The second kappa shape index (κ2) is 5.92. The Morgan fingerprint density at radius 3 is 2.62 bits per heavy atom. The van der Waals surface area contributed by atoms with Crippen LogP contribution in [0.1, 0.15) is 23.3 Å². The lowest BCUT2D eigenvalue weighted by Gasteiger charge is -2.03. The van der Waals surface area contributed by atoms with Crippen molar-refractivity contribution in [1.82, 2.24) is 4.98 Å². The number of oxazole rings is 1. The predicted octanol–water partition coefficient (Wildman–Crippen LogP) is 5.24. The maximum absolute atomic E-state index is 10.7. The first-order valence-electron chi connectivity index (χ1n) is 7.51. The van der Waals surface area contributed by atoms with Gasteiger partial charge in [0, 0.05) is 15.4 Å². The monoisotopic (exact) mass is 383 g/mol. The third-order valence-electron chi connectivity index (χ3n) is 3.88. The number of furan rings is 1. The van der Waals surface area contributed by atoms with Crippen LogP contribution in [0.15, 0.2) is 67.9 Å². The van der Waals surface area contributed by atoms with E-state index in [2.05, 4.69) is 20.9 Å². The van der Waals surface area contributed by atoms with Gasteiger partial charge < -0.3 is 13.9 Å². The Morgan fingerprint density at radius 1 is 1.04 bits per heavy atom. The van der Waals surface area contributed by atoms with Gasteiger partial charge in [-0.1, -0.05) is 34.1 Å². The molecule has 5 heteroatoms. The summed E-state index contributed by atoms with van der Waals surface area (Å²) in [6.07, 6.45) is -0.975. The van der Waals surface area contributed by atoms with Gasteiger partial charge in [-0.15, -0.1) is 0 Å². The van der Waals surface area contributed by atoms with E-state index in [9.17, 15) is 5.11 Å².